The number of ether oxygens (including phenoxy) is 2. The lowest BCUT2D eigenvalue weighted by molar-refractivity contribution is -0.836. The van der Waals surface area contributed by atoms with Crippen LogP contribution in [-0.2, 0) is 19.1 Å². The van der Waals surface area contributed by atoms with E-state index in [0.717, 1.165) is 16.8 Å². The number of nitrogens with one attached hydrogen (secondary N) is 2. The molecule has 1 aliphatic rings. The van der Waals surface area contributed by atoms with Gasteiger partial charge in [-0.3, -0.25) is 19.1 Å². The summed E-state index contributed by atoms with van der Waals surface area (Å²) in [4.78, 5) is 48.1. The topological polar surface area (TPSA) is 175 Å². The van der Waals surface area contributed by atoms with Gasteiger partial charge in [0.15, 0.2) is 12.3 Å². The Morgan fingerprint density at radius 2 is 1.93 bits per heavy atom. The van der Waals surface area contributed by atoms with Crippen molar-refractivity contribution in [3.05, 3.63) is 33.1 Å². The van der Waals surface area contributed by atoms with E-state index in [0.29, 0.717) is 0 Å². The molecular formula is C16H25N3O9. The lowest BCUT2D eigenvalue weighted by atomic mass is 10.1. The number of hydrogen-bond donors (Lipinski definition) is 4. The van der Waals surface area contributed by atoms with E-state index in [1.807, 2.05) is 4.98 Å². The van der Waals surface area contributed by atoms with Gasteiger partial charge in [0.1, 0.15) is 12.2 Å². The number of carboxylic acids is 1. The Morgan fingerprint density at radius 3 is 2.43 bits per heavy atom. The number of aromatic amines is 1. The van der Waals surface area contributed by atoms with E-state index in [2.05, 4.69) is 21.1 Å². The quantitative estimate of drug-likeness (QED) is 0.339. The van der Waals surface area contributed by atoms with Crippen molar-refractivity contribution in [2.75, 3.05) is 27.7 Å². The molecule has 2 heterocycles. The zero-order valence-corrected chi connectivity index (χ0v) is 15.8. The van der Waals surface area contributed by atoms with Gasteiger partial charge in [0.25, 0.3) is 5.56 Å². The molecule has 0 amide bonds. The standard InChI is InChI=1S/C13H16N2O9.C3H9N/c16-5-6-11(24-9(20)2-1-8(18)19)10(21)12(23-6)15-4-3-7(17)14-13(15)22;1-4(2)3/h3-4,6,10-12,16,21H,1-2,5H2,(H,18,19)(H,14,17,22);1-3H3/t6-,10-,11-,12-;/m1./s1. The van der Waals surface area contributed by atoms with Gasteiger partial charge in [0.05, 0.1) is 34.2 Å². The van der Waals surface area contributed by atoms with Crippen molar-refractivity contribution in [1.82, 2.24) is 9.55 Å². The van der Waals surface area contributed by atoms with Gasteiger partial charge in [-0.2, -0.15) is 0 Å². The maximum Gasteiger partial charge on any atom is 0.330 e. The number of carboxylic acid groups (broad SMARTS) is 1. The summed E-state index contributed by atoms with van der Waals surface area (Å²) in [5, 5.41) is 29.8. The van der Waals surface area contributed by atoms with E-state index < -0.39 is 67.2 Å². The largest absolute Gasteiger partial charge is 0.550 e. The molecule has 158 valence electrons. The SMILES string of the molecule is C[NH+](C)C.O=C([O-])CCC(=O)O[C@H]1[C@@H](O)[C@H](n2ccc(=O)[nH]c2=O)O[C@@H]1CO. The molecule has 1 aromatic heterocycles. The van der Waals surface area contributed by atoms with Crippen molar-refractivity contribution < 1.29 is 39.3 Å². The van der Waals surface area contributed by atoms with Gasteiger partial charge in [-0.15, -0.1) is 0 Å². The monoisotopic (exact) mass is 403 g/mol. The Bertz CT molecular complexity index is 770. The van der Waals surface area contributed by atoms with Crippen LogP contribution >= 0.6 is 0 Å². The number of aliphatic hydroxyl groups excluding tert-OH is 2. The van der Waals surface area contributed by atoms with Crippen LogP contribution < -0.4 is 21.3 Å². The second-order valence-corrected chi connectivity index (χ2v) is 6.58. The molecule has 0 aliphatic carbocycles. The Balaban J connectivity index is 0.000000892. The van der Waals surface area contributed by atoms with Crippen LogP contribution in [0.3, 0.4) is 0 Å². The maximum absolute atomic E-state index is 11.7. The molecule has 1 aromatic rings. The van der Waals surface area contributed by atoms with Gasteiger partial charge in [0.2, 0.25) is 0 Å². The number of carbonyl (C=O) groups excluding carboxylic acids is 2. The lowest BCUT2D eigenvalue weighted by Gasteiger charge is -2.20. The fraction of sp³-hybridized carbons (Fsp3) is 0.625. The molecular weight excluding hydrogens is 378 g/mol. The summed E-state index contributed by atoms with van der Waals surface area (Å²) in [5.74, 6) is -2.37. The summed E-state index contributed by atoms with van der Waals surface area (Å²) in [6.45, 7) is -0.621. The van der Waals surface area contributed by atoms with Gasteiger partial charge in [-0.05, 0) is 6.42 Å². The lowest BCUT2D eigenvalue weighted by Crippen LogP contribution is -3.02. The highest BCUT2D eigenvalue weighted by Crippen LogP contribution is 2.30. The number of quaternary nitrogens is 1. The van der Waals surface area contributed by atoms with Gasteiger partial charge in [0, 0.05) is 18.2 Å². The normalized spacial score (nSPS) is 23.8. The Hall–Kier alpha value is -2.54. The fourth-order valence-corrected chi connectivity index (χ4v) is 2.28. The first-order valence-corrected chi connectivity index (χ1v) is 8.48. The first-order valence-electron chi connectivity index (χ1n) is 8.48. The van der Waals surface area contributed by atoms with Gasteiger partial charge in [-0.1, -0.05) is 0 Å². The minimum atomic E-state index is -1.52. The second-order valence-electron chi connectivity index (χ2n) is 6.58. The number of nitrogens with zero attached hydrogens (tertiary/aromatic N) is 1. The number of aliphatic hydroxyl groups is 2. The predicted octanol–water partition coefficient (Wildman–Crippen LogP) is -5.01. The third-order valence-electron chi connectivity index (χ3n) is 3.42. The molecule has 28 heavy (non-hydrogen) atoms. The van der Waals surface area contributed by atoms with Crippen LogP contribution in [0.4, 0.5) is 0 Å². The van der Waals surface area contributed by atoms with Crippen molar-refractivity contribution in [2.24, 2.45) is 0 Å². The molecule has 0 saturated carbocycles. The zero-order chi connectivity index (χ0) is 21.4. The van der Waals surface area contributed by atoms with Crippen molar-refractivity contribution >= 4 is 11.9 Å². The molecule has 0 bridgehead atoms. The molecule has 0 spiro atoms. The summed E-state index contributed by atoms with van der Waals surface area (Å²) >= 11 is 0. The Morgan fingerprint density at radius 1 is 1.32 bits per heavy atom. The van der Waals surface area contributed by atoms with Crippen LogP contribution in [0.2, 0.25) is 0 Å². The molecule has 12 heteroatoms. The summed E-state index contributed by atoms with van der Waals surface area (Å²) in [6, 6.07) is 1.03. The minimum Gasteiger partial charge on any atom is -0.550 e. The molecule has 4 N–H and O–H groups in total. The molecule has 1 fully saturated rings. The van der Waals surface area contributed by atoms with E-state index in [1.54, 1.807) is 0 Å². The average molecular weight is 403 g/mol. The van der Waals surface area contributed by atoms with Crippen LogP contribution in [0, 0.1) is 0 Å². The molecule has 1 aliphatic heterocycles. The van der Waals surface area contributed by atoms with Crippen LogP contribution in [0.25, 0.3) is 0 Å². The number of hydrogen-bond acceptors (Lipinski definition) is 9. The van der Waals surface area contributed by atoms with Crippen LogP contribution in [-0.4, -0.2) is 77.8 Å². The first-order chi connectivity index (χ1) is 13.1. The highest BCUT2D eigenvalue weighted by molar-refractivity contribution is 5.75. The van der Waals surface area contributed by atoms with E-state index in [9.17, 15) is 34.5 Å². The van der Waals surface area contributed by atoms with E-state index in [1.165, 1.54) is 4.90 Å². The van der Waals surface area contributed by atoms with Gasteiger partial charge < -0.3 is 34.5 Å². The van der Waals surface area contributed by atoms with Crippen LogP contribution in [0.15, 0.2) is 21.9 Å². The summed E-state index contributed by atoms with van der Waals surface area (Å²) in [6.07, 6.45) is -5.21. The summed E-state index contributed by atoms with van der Waals surface area (Å²) in [7, 11) is 6.25. The third kappa shape index (κ3) is 6.88. The van der Waals surface area contributed by atoms with Crippen molar-refractivity contribution in [2.45, 2.75) is 37.4 Å². The predicted molar refractivity (Wildman–Crippen MR) is 91.2 cm³/mol. The van der Waals surface area contributed by atoms with Crippen LogP contribution in [0.5, 0.6) is 0 Å². The average Bonchev–Trinajstić information content (AvgIpc) is 2.89. The van der Waals surface area contributed by atoms with E-state index in [-0.39, 0.29) is 0 Å². The highest BCUT2D eigenvalue weighted by atomic mass is 16.6. The number of aliphatic carboxylic acids is 1. The molecule has 4 atom stereocenters. The molecule has 2 rings (SSSR count). The van der Waals surface area contributed by atoms with Crippen molar-refractivity contribution in [3.8, 4) is 0 Å². The van der Waals surface area contributed by atoms with E-state index in [4.69, 9.17) is 9.47 Å². The Kier molecular flexibility index (Phi) is 8.99. The summed E-state index contributed by atoms with van der Waals surface area (Å²) in [5.41, 5.74) is -1.50. The Labute approximate surface area is 159 Å². The fourth-order valence-electron chi connectivity index (χ4n) is 2.28. The maximum atomic E-state index is 11.7. The number of rotatable bonds is 6. The molecule has 0 aromatic carbocycles. The van der Waals surface area contributed by atoms with Gasteiger partial charge in [-0.25, -0.2) is 4.79 Å². The molecule has 12 nitrogen and oxygen atoms in total. The number of esters is 1. The van der Waals surface area contributed by atoms with Gasteiger partial charge >= 0.3 is 11.7 Å². The highest BCUT2D eigenvalue weighted by Gasteiger charge is 2.47. The third-order valence-corrected chi connectivity index (χ3v) is 3.42. The minimum absolute atomic E-state index is 0.479. The second kappa shape index (κ2) is 10.7. The number of carbonyl (C=O) groups is 2. The molecule has 1 saturated heterocycles. The van der Waals surface area contributed by atoms with Crippen molar-refractivity contribution in [3.63, 3.8) is 0 Å². The molecule has 0 radical (unpaired) electrons. The van der Waals surface area contributed by atoms with E-state index >= 15 is 0 Å². The summed E-state index contributed by atoms with van der Waals surface area (Å²) < 4.78 is 11.1. The van der Waals surface area contributed by atoms with Crippen LogP contribution in [0.1, 0.15) is 19.1 Å². The molecule has 0 unspecified atom stereocenters. The number of aromatic nitrogens is 2. The first kappa shape index (κ1) is 23.5. The smallest absolute Gasteiger partial charge is 0.330 e. The zero-order valence-electron chi connectivity index (χ0n) is 15.8. The van der Waals surface area contributed by atoms with Crippen molar-refractivity contribution in [1.29, 1.82) is 0 Å². The number of H-pyrrole nitrogens is 1.